The first kappa shape index (κ1) is 25.4. The monoisotopic (exact) mass is 530 g/mol. The van der Waals surface area contributed by atoms with Gasteiger partial charge in [-0.3, -0.25) is 4.79 Å². The second kappa shape index (κ2) is 8.21. The molecule has 0 amide bonds. The van der Waals surface area contributed by atoms with Crippen molar-refractivity contribution in [1.29, 1.82) is 0 Å². The Labute approximate surface area is 222 Å². The van der Waals surface area contributed by atoms with Gasteiger partial charge < -0.3 is 33.9 Å². The lowest BCUT2D eigenvalue weighted by Crippen LogP contribution is -2.69. The van der Waals surface area contributed by atoms with E-state index in [-0.39, 0.29) is 47.6 Å². The summed E-state index contributed by atoms with van der Waals surface area (Å²) in [5, 5.41) is 23.9. The maximum atomic E-state index is 14.1. The van der Waals surface area contributed by atoms with Crippen LogP contribution in [0.2, 0.25) is 0 Å². The largest absolute Gasteiger partial charge is 0.458 e. The summed E-state index contributed by atoms with van der Waals surface area (Å²) in [5.41, 5.74) is -0.408. The average Bonchev–Trinajstić information content (AvgIpc) is 3.42. The quantitative estimate of drug-likeness (QED) is 0.409. The van der Waals surface area contributed by atoms with Crippen LogP contribution < -0.4 is 0 Å². The zero-order chi connectivity index (χ0) is 26.7. The summed E-state index contributed by atoms with van der Waals surface area (Å²) in [5.74, 6) is -2.30. The van der Waals surface area contributed by atoms with Crippen LogP contribution in [0.25, 0.3) is 0 Å². The smallest absolute Gasteiger partial charge is 0.331 e. The van der Waals surface area contributed by atoms with Crippen LogP contribution in [-0.4, -0.2) is 78.3 Å². The van der Waals surface area contributed by atoms with E-state index in [1.165, 1.54) is 11.6 Å². The number of carbonyl (C=O) groups excluding carboxylic acids is 2. The van der Waals surface area contributed by atoms with Crippen LogP contribution in [0.15, 0.2) is 23.3 Å². The second-order valence-corrected chi connectivity index (χ2v) is 13.0. The van der Waals surface area contributed by atoms with E-state index in [4.69, 9.17) is 23.7 Å². The summed E-state index contributed by atoms with van der Waals surface area (Å²) in [4.78, 5) is 25.9. The fourth-order valence-electron chi connectivity index (χ4n) is 9.53. The lowest BCUT2D eigenvalue weighted by atomic mass is 9.44. The van der Waals surface area contributed by atoms with E-state index in [1.54, 1.807) is 7.11 Å². The lowest BCUT2D eigenvalue weighted by molar-refractivity contribution is -0.442. The van der Waals surface area contributed by atoms with Gasteiger partial charge in [-0.25, -0.2) is 4.79 Å². The molecule has 11 atom stereocenters. The molecule has 9 heteroatoms. The molecule has 0 unspecified atom stereocenters. The number of allylic oxidation sites excluding steroid dienone is 1. The van der Waals surface area contributed by atoms with Crippen molar-refractivity contribution in [2.75, 3.05) is 20.3 Å². The molecule has 0 aromatic rings. The van der Waals surface area contributed by atoms with Gasteiger partial charge in [-0.05, 0) is 67.8 Å². The lowest BCUT2D eigenvalue weighted by Gasteiger charge is -2.62. The first-order valence-electron chi connectivity index (χ1n) is 14.1. The number of fused-ring (bicyclic) bond motifs is 7. The van der Waals surface area contributed by atoms with Gasteiger partial charge in [0.15, 0.2) is 0 Å². The molecule has 4 aliphatic carbocycles. The van der Waals surface area contributed by atoms with Crippen molar-refractivity contribution >= 4 is 11.8 Å². The van der Waals surface area contributed by atoms with Crippen molar-refractivity contribution in [3.05, 3.63) is 23.3 Å². The predicted molar refractivity (Wildman–Crippen MR) is 131 cm³/mol. The zero-order valence-corrected chi connectivity index (χ0v) is 22.3. The Morgan fingerprint density at radius 2 is 1.92 bits per heavy atom. The van der Waals surface area contributed by atoms with Gasteiger partial charge in [0.1, 0.15) is 24.6 Å². The van der Waals surface area contributed by atoms with Gasteiger partial charge in [0.25, 0.3) is 0 Å². The van der Waals surface area contributed by atoms with Crippen molar-refractivity contribution in [3.63, 3.8) is 0 Å². The Morgan fingerprint density at radius 3 is 2.66 bits per heavy atom. The van der Waals surface area contributed by atoms with Gasteiger partial charge in [0.2, 0.25) is 12.1 Å². The normalized spacial score (nSPS) is 53.6. The number of Topliss-reactive ketones (excluding diaryl/α,β-unsaturated/α-hetero) is 1. The maximum absolute atomic E-state index is 14.1. The van der Waals surface area contributed by atoms with Gasteiger partial charge in [0.05, 0.1) is 23.7 Å². The fourth-order valence-corrected chi connectivity index (χ4v) is 9.53. The van der Waals surface area contributed by atoms with Crippen molar-refractivity contribution in [1.82, 2.24) is 0 Å². The molecule has 2 N–H and O–H groups in total. The molecular formula is C29H38O9. The summed E-state index contributed by atoms with van der Waals surface area (Å²) < 4.78 is 29.1. The van der Waals surface area contributed by atoms with Gasteiger partial charge in [-0.1, -0.05) is 18.6 Å². The molecule has 0 aromatic carbocycles. The van der Waals surface area contributed by atoms with Crippen LogP contribution >= 0.6 is 0 Å². The Kier molecular flexibility index (Phi) is 5.48. The van der Waals surface area contributed by atoms with Crippen molar-refractivity contribution < 1.29 is 43.5 Å². The SMILES string of the molecule is CO[C@@H]1CCO[C@H]2O[C@@H]3C=C4CC[C@@H]5[C@H](CC(=O)[C@]6(C)[C@@H](C7=CC(=O)OC7)CC[C@]56O)[C@@]4(C)C[C@H]3O[C@]21O. The first-order chi connectivity index (χ1) is 18.0. The van der Waals surface area contributed by atoms with Gasteiger partial charge in [-0.2, -0.15) is 0 Å². The minimum Gasteiger partial charge on any atom is -0.458 e. The van der Waals surface area contributed by atoms with Gasteiger partial charge in [-0.15, -0.1) is 0 Å². The molecule has 3 heterocycles. The van der Waals surface area contributed by atoms with E-state index in [2.05, 4.69) is 13.0 Å². The summed E-state index contributed by atoms with van der Waals surface area (Å²) in [6.45, 7) is 4.73. The average molecular weight is 531 g/mol. The first-order valence-corrected chi connectivity index (χ1v) is 14.1. The number of ketones is 1. The summed E-state index contributed by atoms with van der Waals surface area (Å²) in [6, 6.07) is 0. The molecule has 38 heavy (non-hydrogen) atoms. The van der Waals surface area contributed by atoms with E-state index in [0.29, 0.717) is 38.7 Å². The van der Waals surface area contributed by atoms with Crippen LogP contribution in [0.1, 0.15) is 58.8 Å². The Hall–Kier alpha value is -1.62. The van der Waals surface area contributed by atoms with Gasteiger partial charge in [0, 0.05) is 26.0 Å². The van der Waals surface area contributed by atoms with Crippen molar-refractivity contribution in [2.24, 2.45) is 28.6 Å². The van der Waals surface area contributed by atoms with Crippen LogP contribution in [0.4, 0.5) is 0 Å². The second-order valence-electron chi connectivity index (χ2n) is 13.0. The minimum absolute atomic E-state index is 0.0555. The molecular weight excluding hydrogens is 492 g/mol. The highest BCUT2D eigenvalue weighted by molar-refractivity contribution is 5.90. The molecule has 3 saturated carbocycles. The summed E-state index contributed by atoms with van der Waals surface area (Å²) >= 11 is 0. The Bertz CT molecular complexity index is 1130. The van der Waals surface area contributed by atoms with Crippen molar-refractivity contribution in [2.45, 2.75) is 94.8 Å². The summed E-state index contributed by atoms with van der Waals surface area (Å²) in [6.07, 6.45) is 5.61. The maximum Gasteiger partial charge on any atom is 0.331 e. The van der Waals surface area contributed by atoms with E-state index in [1.807, 2.05) is 6.92 Å². The minimum atomic E-state index is -1.70. The van der Waals surface area contributed by atoms with E-state index in [9.17, 15) is 19.8 Å². The fraction of sp³-hybridized carbons (Fsp3) is 0.793. The van der Waals surface area contributed by atoms with Crippen LogP contribution in [0, 0.1) is 28.6 Å². The molecule has 7 aliphatic rings. The molecule has 9 nitrogen and oxygen atoms in total. The van der Waals surface area contributed by atoms with Crippen LogP contribution in [-0.2, 0) is 33.3 Å². The van der Waals surface area contributed by atoms with Gasteiger partial charge >= 0.3 is 5.97 Å². The number of ether oxygens (including phenoxy) is 5. The highest BCUT2D eigenvalue weighted by Gasteiger charge is 2.71. The predicted octanol–water partition coefficient (Wildman–Crippen LogP) is 2.19. The highest BCUT2D eigenvalue weighted by atomic mass is 16.8. The molecule has 0 aromatic heterocycles. The number of rotatable bonds is 2. The number of aliphatic hydroxyl groups is 2. The standard InChI is InChI=1S/C29H38O9/c1-26-13-21-20(37-25-29(33,38-21)23(34-3)7-9-35-25)11-16(26)4-5-18-19(26)12-22(30)27(2)17(6-8-28(18,27)32)15-10-24(31)36-14-15/h10-11,17-21,23,25,32-33H,4-9,12-14H2,1-3H3/t17-,18-,19+,20-,21-,23-,25+,26+,27+,28+,29+/m1/s1. The molecule has 5 fully saturated rings. The molecule has 7 rings (SSSR count). The Morgan fingerprint density at radius 1 is 1.11 bits per heavy atom. The molecule has 3 aliphatic heterocycles. The number of hydrogen-bond acceptors (Lipinski definition) is 9. The molecule has 208 valence electrons. The Balaban J connectivity index is 1.21. The third-order valence-electron chi connectivity index (χ3n) is 11.6. The van der Waals surface area contributed by atoms with E-state index >= 15 is 0 Å². The molecule has 0 spiro atoms. The topological polar surface area (TPSA) is 121 Å². The summed E-state index contributed by atoms with van der Waals surface area (Å²) in [7, 11) is 1.55. The van der Waals surface area contributed by atoms with E-state index < -0.39 is 35.3 Å². The van der Waals surface area contributed by atoms with Crippen LogP contribution in [0.5, 0.6) is 0 Å². The number of esters is 1. The molecule has 0 radical (unpaired) electrons. The highest BCUT2D eigenvalue weighted by Crippen LogP contribution is 2.68. The number of cyclic esters (lactones) is 1. The van der Waals surface area contributed by atoms with Crippen molar-refractivity contribution in [3.8, 4) is 0 Å². The third kappa shape index (κ3) is 3.09. The molecule has 0 bridgehead atoms. The van der Waals surface area contributed by atoms with E-state index in [0.717, 1.165) is 18.4 Å². The number of methoxy groups -OCH3 is 1. The third-order valence-corrected chi connectivity index (χ3v) is 11.6. The number of carbonyl (C=O) groups is 2. The number of hydrogen-bond donors (Lipinski definition) is 2. The van der Waals surface area contributed by atoms with Crippen LogP contribution in [0.3, 0.4) is 0 Å². The molecule has 2 saturated heterocycles. The zero-order valence-electron chi connectivity index (χ0n) is 22.3.